The van der Waals surface area contributed by atoms with Crippen LogP contribution in [0.1, 0.15) is 16.8 Å². The van der Waals surface area contributed by atoms with Crippen molar-refractivity contribution in [2.75, 3.05) is 25.1 Å². The number of hydrogen-bond donors (Lipinski definition) is 2. The number of rotatable bonds is 5. The van der Waals surface area contributed by atoms with Gasteiger partial charge in [0.1, 0.15) is 0 Å². The number of ether oxygens (including phenoxy) is 1. The summed E-state index contributed by atoms with van der Waals surface area (Å²) in [4.78, 5) is 14.5. The summed E-state index contributed by atoms with van der Waals surface area (Å²) in [6.07, 6.45) is 0.785. The third-order valence-corrected chi connectivity index (χ3v) is 5.23. The van der Waals surface area contributed by atoms with Crippen molar-refractivity contribution in [1.82, 2.24) is 15.5 Å². The number of nitrogens with one attached hydrogen (secondary N) is 2. The maximum absolute atomic E-state index is 13.8. The lowest BCUT2D eigenvalue weighted by Gasteiger charge is -2.16. The molecule has 2 aromatic carbocycles. The van der Waals surface area contributed by atoms with E-state index < -0.39 is 5.82 Å². The number of carbonyl (C=O) groups is 1. The SMILES string of the molecule is COc1ccc(C(=O)N[C@H]2CCN(c3cc(-c4ccc(Cl)cc4)[nH]n3)C2)cc1F. The lowest BCUT2D eigenvalue weighted by atomic mass is 10.1. The molecule has 2 N–H and O–H groups in total. The maximum atomic E-state index is 13.8. The molecule has 0 aliphatic carbocycles. The van der Waals surface area contributed by atoms with Crippen LogP contribution >= 0.6 is 11.6 Å². The Morgan fingerprint density at radius 1 is 1.28 bits per heavy atom. The van der Waals surface area contributed by atoms with Crippen LogP contribution < -0.4 is 15.0 Å². The van der Waals surface area contributed by atoms with E-state index in [2.05, 4.69) is 20.4 Å². The van der Waals surface area contributed by atoms with Crippen molar-refractivity contribution in [3.63, 3.8) is 0 Å². The number of hydrogen-bond acceptors (Lipinski definition) is 4. The Balaban J connectivity index is 1.38. The van der Waals surface area contributed by atoms with Crippen molar-refractivity contribution < 1.29 is 13.9 Å². The van der Waals surface area contributed by atoms with Crippen molar-refractivity contribution in [2.24, 2.45) is 0 Å². The minimum Gasteiger partial charge on any atom is -0.494 e. The van der Waals surface area contributed by atoms with Crippen LogP contribution in [0.2, 0.25) is 5.02 Å². The lowest BCUT2D eigenvalue weighted by Crippen LogP contribution is -2.37. The average Bonchev–Trinajstić information content (AvgIpc) is 3.38. The highest BCUT2D eigenvalue weighted by Crippen LogP contribution is 2.25. The van der Waals surface area contributed by atoms with Crippen molar-refractivity contribution in [1.29, 1.82) is 0 Å². The zero-order valence-corrected chi connectivity index (χ0v) is 16.5. The van der Waals surface area contributed by atoms with Gasteiger partial charge in [-0.2, -0.15) is 5.10 Å². The van der Waals surface area contributed by atoms with Gasteiger partial charge >= 0.3 is 0 Å². The Hall–Kier alpha value is -3.06. The molecule has 3 aromatic rings. The molecule has 1 saturated heterocycles. The highest BCUT2D eigenvalue weighted by atomic mass is 35.5. The van der Waals surface area contributed by atoms with Crippen LogP contribution in [-0.2, 0) is 0 Å². The molecule has 0 unspecified atom stereocenters. The number of methoxy groups -OCH3 is 1. The first-order valence-corrected chi connectivity index (χ1v) is 9.62. The highest BCUT2D eigenvalue weighted by Gasteiger charge is 2.26. The summed E-state index contributed by atoms with van der Waals surface area (Å²) >= 11 is 5.94. The van der Waals surface area contributed by atoms with Gasteiger partial charge in [-0.05, 0) is 42.3 Å². The Bertz CT molecular complexity index is 1020. The van der Waals surface area contributed by atoms with Gasteiger partial charge < -0.3 is 15.0 Å². The third-order valence-electron chi connectivity index (χ3n) is 4.98. The maximum Gasteiger partial charge on any atom is 0.251 e. The number of aromatic amines is 1. The summed E-state index contributed by atoms with van der Waals surface area (Å²) in [5, 5.41) is 11.1. The number of H-pyrrole nitrogens is 1. The molecular formula is C21H20ClFN4O2. The average molecular weight is 415 g/mol. The summed E-state index contributed by atoms with van der Waals surface area (Å²) in [5.74, 6) is 0.0764. The second kappa shape index (κ2) is 8.13. The second-order valence-corrected chi connectivity index (χ2v) is 7.34. The number of anilines is 1. The Kier molecular flexibility index (Phi) is 5.40. The van der Waals surface area contributed by atoms with Gasteiger partial charge in [-0.1, -0.05) is 23.7 Å². The summed E-state index contributed by atoms with van der Waals surface area (Å²) in [6, 6.07) is 13.7. The highest BCUT2D eigenvalue weighted by molar-refractivity contribution is 6.30. The predicted molar refractivity (Wildman–Crippen MR) is 110 cm³/mol. The molecule has 0 spiro atoms. The molecule has 4 rings (SSSR count). The van der Waals surface area contributed by atoms with Crippen LogP contribution in [-0.4, -0.2) is 42.3 Å². The molecule has 1 fully saturated rings. The molecule has 0 radical (unpaired) electrons. The lowest BCUT2D eigenvalue weighted by molar-refractivity contribution is 0.0940. The van der Waals surface area contributed by atoms with E-state index >= 15 is 0 Å². The van der Waals surface area contributed by atoms with Crippen molar-refractivity contribution in [3.05, 3.63) is 64.9 Å². The molecule has 29 heavy (non-hydrogen) atoms. The smallest absolute Gasteiger partial charge is 0.251 e. The molecule has 0 saturated carbocycles. The Morgan fingerprint density at radius 2 is 2.07 bits per heavy atom. The van der Waals surface area contributed by atoms with E-state index in [4.69, 9.17) is 16.3 Å². The zero-order chi connectivity index (χ0) is 20.4. The van der Waals surface area contributed by atoms with Crippen LogP contribution in [0, 0.1) is 5.82 Å². The van der Waals surface area contributed by atoms with Crippen molar-refractivity contribution in [3.8, 4) is 17.0 Å². The topological polar surface area (TPSA) is 70.2 Å². The van der Waals surface area contributed by atoms with E-state index in [1.807, 2.05) is 30.3 Å². The molecule has 150 valence electrons. The van der Waals surface area contributed by atoms with E-state index in [0.29, 0.717) is 11.6 Å². The number of nitrogens with zero attached hydrogens (tertiary/aromatic N) is 2. The summed E-state index contributed by atoms with van der Waals surface area (Å²) < 4.78 is 18.7. The zero-order valence-electron chi connectivity index (χ0n) is 15.8. The van der Waals surface area contributed by atoms with Gasteiger partial charge in [0.25, 0.3) is 5.91 Å². The largest absolute Gasteiger partial charge is 0.494 e. The van der Waals surface area contributed by atoms with Crippen LogP contribution in [0.25, 0.3) is 11.3 Å². The minimum absolute atomic E-state index is 0.0386. The number of halogens is 2. The van der Waals surface area contributed by atoms with Crippen LogP contribution in [0.4, 0.5) is 10.2 Å². The second-order valence-electron chi connectivity index (χ2n) is 6.90. The fourth-order valence-corrected chi connectivity index (χ4v) is 3.54. The van der Waals surface area contributed by atoms with E-state index in [0.717, 1.165) is 30.0 Å². The van der Waals surface area contributed by atoms with Gasteiger partial charge in [0, 0.05) is 35.8 Å². The van der Waals surface area contributed by atoms with E-state index in [1.165, 1.54) is 19.2 Å². The molecule has 0 bridgehead atoms. The molecule has 1 amide bonds. The first kappa shape index (κ1) is 19.3. The van der Waals surface area contributed by atoms with Gasteiger partial charge in [0.15, 0.2) is 17.4 Å². The van der Waals surface area contributed by atoms with Gasteiger partial charge in [0.2, 0.25) is 0 Å². The summed E-state index contributed by atoms with van der Waals surface area (Å²) in [5.41, 5.74) is 2.17. The first-order valence-electron chi connectivity index (χ1n) is 9.24. The Labute approximate surface area is 172 Å². The standard InChI is InChI=1S/C21H20ClFN4O2/c1-29-19-7-4-14(10-17(19)23)21(28)24-16-8-9-27(12-16)20-11-18(25-26-20)13-2-5-15(22)6-3-13/h2-7,10-11,16H,8-9,12H2,1H3,(H,24,28)(H,25,26)/t16-/m0/s1. The molecule has 6 nitrogen and oxygen atoms in total. The molecule has 1 aliphatic rings. The van der Waals surface area contributed by atoms with Crippen LogP contribution in [0.3, 0.4) is 0 Å². The molecule has 1 aliphatic heterocycles. The van der Waals surface area contributed by atoms with Crippen LogP contribution in [0.5, 0.6) is 5.75 Å². The van der Waals surface area contributed by atoms with Crippen molar-refractivity contribution >= 4 is 23.3 Å². The number of amides is 1. The number of benzene rings is 2. The summed E-state index contributed by atoms with van der Waals surface area (Å²) in [6.45, 7) is 1.40. The van der Waals surface area contributed by atoms with E-state index in [1.54, 1.807) is 6.07 Å². The van der Waals surface area contributed by atoms with E-state index in [-0.39, 0.29) is 23.3 Å². The quantitative estimate of drug-likeness (QED) is 0.664. The summed E-state index contributed by atoms with van der Waals surface area (Å²) in [7, 11) is 1.39. The van der Waals surface area contributed by atoms with Crippen LogP contribution in [0.15, 0.2) is 48.5 Å². The van der Waals surface area contributed by atoms with Gasteiger partial charge in [0.05, 0.1) is 12.8 Å². The minimum atomic E-state index is -0.556. The first-order chi connectivity index (χ1) is 14.0. The third kappa shape index (κ3) is 4.19. The monoisotopic (exact) mass is 414 g/mol. The van der Waals surface area contributed by atoms with Gasteiger partial charge in [-0.15, -0.1) is 0 Å². The van der Waals surface area contributed by atoms with E-state index in [9.17, 15) is 9.18 Å². The predicted octanol–water partition coefficient (Wildman–Crippen LogP) is 3.89. The molecule has 8 heteroatoms. The number of aromatic nitrogens is 2. The molecule has 1 atom stereocenters. The normalized spacial score (nSPS) is 16.1. The van der Waals surface area contributed by atoms with Crippen molar-refractivity contribution in [2.45, 2.75) is 12.5 Å². The van der Waals surface area contributed by atoms with Gasteiger partial charge in [-0.3, -0.25) is 9.89 Å². The molecule has 1 aromatic heterocycles. The fraction of sp³-hybridized carbons (Fsp3) is 0.238. The Morgan fingerprint density at radius 3 is 2.79 bits per heavy atom. The fourth-order valence-electron chi connectivity index (χ4n) is 3.41. The van der Waals surface area contributed by atoms with Gasteiger partial charge in [-0.25, -0.2) is 4.39 Å². The molecular weight excluding hydrogens is 395 g/mol. The molecule has 2 heterocycles. The number of carbonyl (C=O) groups excluding carboxylic acids is 1.